The molecular weight excluding hydrogens is 449 g/mol. The first-order valence-electron chi connectivity index (χ1n) is 9.90. The Morgan fingerprint density at radius 2 is 1.81 bits per heavy atom. The highest BCUT2D eigenvalue weighted by Crippen LogP contribution is 2.35. The fourth-order valence-corrected chi connectivity index (χ4v) is 3.87. The molecule has 164 valence electrons. The number of fused-ring (bicyclic) bond motifs is 1. The summed E-state index contributed by atoms with van der Waals surface area (Å²) in [4.78, 5) is 16.6. The predicted molar refractivity (Wildman–Crippen MR) is 127 cm³/mol. The van der Waals surface area contributed by atoms with Crippen molar-refractivity contribution in [3.05, 3.63) is 82.1 Å². The van der Waals surface area contributed by atoms with Gasteiger partial charge in [-0.2, -0.15) is 0 Å². The number of aromatic nitrogens is 2. The maximum Gasteiger partial charge on any atom is 0.310 e. The first-order valence-corrected chi connectivity index (χ1v) is 10.7. The Bertz CT molecular complexity index is 1270. The third kappa shape index (κ3) is 4.66. The summed E-state index contributed by atoms with van der Waals surface area (Å²) in [5.74, 6) is 1.03. The van der Waals surface area contributed by atoms with Crippen molar-refractivity contribution in [3.8, 4) is 5.75 Å². The summed E-state index contributed by atoms with van der Waals surface area (Å²) in [5, 5.41) is 4.17. The van der Waals surface area contributed by atoms with Crippen molar-refractivity contribution in [2.75, 3.05) is 12.4 Å². The van der Waals surface area contributed by atoms with Crippen LogP contribution in [-0.4, -0.2) is 22.6 Å². The van der Waals surface area contributed by atoms with Gasteiger partial charge in [0.1, 0.15) is 18.2 Å². The van der Waals surface area contributed by atoms with Gasteiger partial charge in [-0.3, -0.25) is 4.79 Å². The number of esters is 1. The lowest BCUT2D eigenvalue weighted by Gasteiger charge is -2.16. The molecule has 0 aliphatic carbocycles. The van der Waals surface area contributed by atoms with E-state index in [1.165, 1.54) is 7.11 Å². The average molecular weight is 470 g/mol. The summed E-state index contributed by atoms with van der Waals surface area (Å²) >= 11 is 12.6. The van der Waals surface area contributed by atoms with Crippen LogP contribution in [0.3, 0.4) is 0 Å². The molecule has 4 aromatic rings. The van der Waals surface area contributed by atoms with Crippen molar-refractivity contribution in [3.63, 3.8) is 0 Å². The Kier molecular flexibility index (Phi) is 6.53. The zero-order chi connectivity index (χ0) is 22.7. The number of carbonyl (C=O) groups is 1. The number of hydrogen-bond donors (Lipinski definition) is 1. The van der Waals surface area contributed by atoms with Crippen LogP contribution in [0.5, 0.6) is 5.75 Å². The largest absolute Gasteiger partial charge is 0.486 e. The maximum absolute atomic E-state index is 12.0. The van der Waals surface area contributed by atoms with Gasteiger partial charge in [0.05, 0.1) is 40.3 Å². The van der Waals surface area contributed by atoms with Crippen molar-refractivity contribution in [2.24, 2.45) is 7.05 Å². The van der Waals surface area contributed by atoms with E-state index in [0.29, 0.717) is 32.7 Å². The number of imidazole rings is 1. The number of para-hydroxylation sites is 3. The van der Waals surface area contributed by atoms with Gasteiger partial charge < -0.3 is 19.4 Å². The fraction of sp³-hybridized carbons (Fsp3) is 0.167. The molecule has 0 aliphatic heterocycles. The minimum atomic E-state index is -0.370. The third-order valence-electron chi connectivity index (χ3n) is 5.11. The van der Waals surface area contributed by atoms with E-state index in [2.05, 4.69) is 10.3 Å². The van der Waals surface area contributed by atoms with Crippen LogP contribution in [0.25, 0.3) is 11.0 Å². The molecule has 0 unspecified atom stereocenters. The highest BCUT2D eigenvalue weighted by molar-refractivity contribution is 6.39. The SMILES string of the molecule is COC(=O)Cc1cc(OCc2nc3ccccc3n2C)ccc1Nc1c(Cl)cccc1Cl. The van der Waals surface area contributed by atoms with E-state index >= 15 is 0 Å². The van der Waals surface area contributed by atoms with Gasteiger partial charge in [0.25, 0.3) is 0 Å². The van der Waals surface area contributed by atoms with Crippen LogP contribution in [0.15, 0.2) is 60.7 Å². The predicted octanol–water partition coefficient (Wildman–Crippen LogP) is 5.92. The normalized spacial score (nSPS) is 10.9. The molecule has 32 heavy (non-hydrogen) atoms. The van der Waals surface area contributed by atoms with Crippen LogP contribution >= 0.6 is 23.2 Å². The van der Waals surface area contributed by atoms with E-state index in [4.69, 9.17) is 32.7 Å². The zero-order valence-corrected chi connectivity index (χ0v) is 19.1. The van der Waals surface area contributed by atoms with Crippen LogP contribution in [0.4, 0.5) is 11.4 Å². The van der Waals surface area contributed by atoms with Gasteiger partial charge in [0, 0.05) is 12.7 Å². The fourth-order valence-electron chi connectivity index (χ4n) is 3.38. The lowest BCUT2D eigenvalue weighted by Crippen LogP contribution is -2.08. The molecule has 0 aliphatic rings. The number of benzene rings is 3. The molecule has 8 heteroatoms. The minimum Gasteiger partial charge on any atom is -0.486 e. The molecular formula is C24H21Cl2N3O3. The number of rotatable bonds is 7. The van der Waals surface area contributed by atoms with E-state index in [0.717, 1.165) is 16.9 Å². The second kappa shape index (κ2) is 9.51. The van der Waals surface area contributed by atoms with E-state index in [1.807, 2.05) is 48.0 Å². The Balaban J connectivity index is 1.59. The van der Waals surface area contributed by atoms with Crippen LogP contribution < -0.4 is 10.1 Å². The van der Waals surface area contributed by atoms with Crippen LogP contribution in [0, 0.1) is 0 Å². The summed E-state index contributed by atoms with van der Waals surface area (Å²) in [6.07, 6.45) is 0.0599. The monoisotopic (exact) mass is 469 g/mol. The number of methoxy groups -OCH3 is 1. The van der Waals surface area contributed by atoms with Crippen molar-refractivity contribution in [1.29, 1.82) is 0 Å². The number of ether oxygens (including phenoxy) is 2. The lowest BCUT2D eigenvalue weighted by molar-refractivity contribution is -0.139. The summed E-state index contributed by atoms with van der Waals surface area (Å²) in [6.45, 7) is 0.284. The third-order valence-corrected chi connectivity index (χ3v) is 5.74. The molecule has 0 atom stereocenters. The average Bonchev–Trinajstić information content (AvgIpc) is 3.11. The van der Waals surface area contributed by atoms with E-state index in [-0.39, 0.29) is 19.0 Å². The first-order chi connectivity index (χ1) is 15.5. The second-order valence-corrected chi connectivity index (χ2v) is 7.97. The molecule has 0 spiro atoms. The highest BCUT2D eigenvalue weighted by atomic mass is 35.5. The molecule has 0 saturated heterocycles. The zero-order valence-electron chi connectivity index (χ0n) is 17.6. The number of nitrogens with one attached hydrogen (secondary N) is 1. The van der Waals surface area contributed by atoms with Gasteiger partial charge in [-0.25, -0.2) is 4.98 Å². The smallest absolute Gasteiger partial charge is 0.310 e. The van der Waals surface area contributed by atoms with Crippen molar-refractivity contribution >= 4 is 51.6 Å². The number of aryl methyl sites for hydroxylation is 1. The summed E-state index contributed by atoms with van der Waals surface area (Å²) in [6, 6.07) is 18.6. The summed E-state index contributed by atoms with van der Waals surface area (Å²) in [5.41, 5.74) is 3.89. The molecule has 0 bridgehead atoms. The van der Waals surface area contributed by atoms with Crippen molar-refractivity contribution in [1.82, 2.24) is 9.55 Å². The summed E-state index contributed by atoms with van der Waals surface area (Å²) in [7, 11) is 3.31. The topological polar surface area (TPSA) is 65.4 Å². The molecule has 1 heterocycles. The van der Waals surface area contributed by atoms with Crippen molar-refractivity contribution < 1.29 is 14.3 Å². The molecule has 1 N–H and O–H groups in total. The second-order valence-electron chi connectivity index (χ2n) is 7.16. The van der Waals surface area contributed by atoms with E-state index < -0.39 is 0 Å². The van der Waals surface area contributed by atoms with Gasteiger partial charge in [-0.05, 0) is 48.0 Å². The molecule has 0 amide bonds. The van der Waals surface area contributed by atoms with Gasteiger partial charge in [0.2, 0.25) is 0 Å². The Morgan fingerprint density at radius 1 is 1.06 bits per heavy atom. The van der Waals surface area contributed by atoms with Crippen LogP contribution in [0.2, 0.25) is 10.0 Å². The van der Waals surface area contributed by atoms with Crippen LogP contribution in [0.1, 0.15) is 11.4 Å². The molecule has 1 aromatic heterocycles. The van der Waals surface area contributed by atoms with Gasteiger partial charge >= 0.3 is 5.97 Å². The van der Waals surface area contributed by atoms with E-state index in [9.17, 15) is 4.79 Å². The Morgan fingerprint density at radius 3 is 2.53 bits per heavy atom. The standard InChI is InChI=1S/C24H21Cl2N3O3/c1-29-21-9-4-3-8-20(21)27-22(29)14-32-16-10-11-19(15(12-16)13-23(30)31-2)28-24-17(25)6-5-7-18(24)26/h3-12,28H,13-14H2,1-2H3. The van der Waals surface area contributed by atoms with Crippen LogP contribution in [-0.2, 0) is 29.6 Å². The Labute approximate surface area is 195 Å². The first kappa shape index (κ1) is 22.0. The number of carbonyl (C=O) groups excluding carboxylic acids is 1. The molecule has 0 fully saturated rings. The number of hydrogen-bond acceptors (Lipinski definition) is 5. The highest BCUT2D eigenvalue weighted by Gasteiger charge is 2.14. The molecule has 6 nitrogen and oxygen atoms in total. The van der Waals surface area contributed by atoms with Crippen molar-refractivity contribution in [2.45, 2.75) is 13.0 Å². The van der Waals surface area contributed by atoms with Gasteiger partial charge in [-0.15, -0.1) is 0 Å². The minimum absolute atomic E-state index is 0.0599. The number of halogens is 2. The number of nitrogens with zero attached hydrogens (tertiary/aromatic N) is 2. The molecule has 0 radical (unpaired) electrons. The molecule has 0 saturated carbocycles. The molecule has 3 aromatic carbocycles. The lowest BCUT2D eigenvalue weighted by atomic mass is 10.1. The van der Waals surface area contributed by atoms with Gasteiger partial charge in [-0.1, -0.05) is 41.4 Å². The van der Waals surface area contributed by atoms with Gasteiger partial charge in [0.15, 0.2) is 0 Å². The number of anilines is 2. The maximum atomic E-state index is 12.0. The molecule has 4 rings (SSSR count). The quantitative estimate of drug-likeness (QED) is 0.340. The summed E-state index contributed by atoms with van der Waals surface area (Å²) < 4.78 is 12.8. The Hall–Kier alpha value is -3.22. The van der Waals surface area contributed by atoms with E-state index in [1.54, 1.807) is 24.3 Å².